The van der Waals surface area contributed by atoms with Gasteiger partial charge in [0.15, 0.2) is 0 Å². The highest BCUT2D eigenvalue weighted by atomic mass is 16.5. The highest BCUT2D eigenvalue weighted by molar-refractivity contribution is 5.80. The molecule has 0 saturated heterocycles. The Balaban J connectivity index is 0. The van der Waals surface area contributed by atoms with E-state index in [4.69, 9.17) is 0 Å². The van der Waals surface area contributed by atoms with Crippen LogP contribution in [0, 0.1) is 0 Å². The Hall–Kier alpha value is -0.830. The van der Waals surface area contributed by atoms with Crippen molar-refractivity contribution in [2.75, 3.05) is 21.3 Å². The van der Waals surface area contributed by atoms with Crippen molar-refractivity contribution in [3.63, 3.8) is 0 Å². The van der Waals surface area contributed by atoms with Gasteiger partial charge in [0.1, 0.15) is 0 Å². The van der Waals surface area contributed by atoms with Gasteiger partial charge in [-0.2, -0.15) is 0 Å². The molecule has 0 fully saturated rings. The fraction of sp³-hybridized carbons (Fsp3) is 0.500. The molecule has 0 atom stereocenters. The number of rotatable bonds is 1. The van der Waals surface area contributed by atoms with Crippen LogP contribution in [0.25, 0.3) is 0 Å². The minimum Gasteiger partial charge on any atom is -0.466 e. The molecule has 0 spiro atoms. The van der Waals surface area contributed by atoms with Crippen molar-refractivity contribution in [2.45, 2.75) is 0 Å². The molecule has 0 amide bonds. The van der Waals surface area contributed by atoms with E-state index in [2.05, 4.69) is 16.1 Å². The van der Waals surface area contributed by atoms with E-state index in [-0.39, 0.29) is 0 Å². The van der Waals surface area contributed by atoms with Crippen molar-refractivity contribution < 1.29 is 14.3 Å². The first-order valence-corrected chi connectivity index (χ1v) is 2.33. The maximum absolute atomic E-state index is 9.84. The number of esters is 1. The molecule has 0 aliphatic carbocycles. The number of methoxy groups -OCH3 is 2. The largest absolute Gasteiger partial charge is 0.466 e. The van der Waals surface area contributed by atoms with Gasteiger partial charge < -0.3 is 9.47 Å². The number of carbonyl (C=O) groups excluding carboxylic acids is 1. The lowest BCUT2D eigenvalue weighted by atomic mass is 10.7. The van der Waals surface area contributed by atoms with Crippen LogP contribution < -0.4 is 0 Å². The lowest BCUT2D eigenvalue weighted by molar-refractivity contribution is -0.134. The molecule has 0 N–H and O–H groups in total. The number of carbonyl (C=O) groups is 1. The summed E-state index contributed by atoms with van der Waals surface area (Å²) in [5.41, 5.74) is 0. The van der Waals surface area contributed by atoms with Crippen molar-refractivity contribution in [2.24, 2.45) is 0 Å². The number of hydrogen-bond donors (Lipinski definition) is 0. The van der Waals surface area contributed by atoms with Gasteiger partial charge in [0.25, 0.3) is 0 Å². The first-order valence-electron chi connectivity index (χ1n) is 2.33. The first kappa shape index (κ1) is 11.0. The average molecular weight is 132 g/mol. The molecule has 0 radical (unpaired) electrons. The SMILES string of the molecule is C=CC(=O)OC.COC. The summed E-state index contributed by atoms with van der Waals surface area (Å²) >= 11 is 0. The van der Waals surface area contributed by atoms with E-state index in [0.29, 0.717) is 0 Å². The molecule has 54 valence electrons. The molecule has 9 heavy (non-hydrogen) atoms. The van der Waals surface area contributed by atoms with Gasteiger partial charge in [0, 0.05) is 20.3 Å². The third-order valence-corrected chi connectivity index (χ3v) is 0.368. The normalized spacial score (nSPS) is 6.56. The van der Waals surface area contributed by atoms with E-state index in [0.717, 1.165) is 6.08 Å². The second kappa shape index (κ2) is 10.2. The summed E-state index contributed by atoms with van der Waals surface area (Å²) in [6.07, 6.45) is 1.11. The van der Waals surface area contributed by atoms with Gasteiger partial charge in [-0.1, -0.05) is 6.58 Å². The summed E-state index contributed by atoms with van der Waals surface area (Å²) in [6, 6.07) is 0. The van der Waals surface area contributed by atoms with Crippen molar-refractivity contribution >= 4 is 5.97 Å². The number of hydrogen-bond acceptors (Lipinski definition) is 3. The molecule has 0 unspecified atom stereocenters. The van der Waals surface area contributed by atoms with Crippen LogP contribution in [0.5, 0.6) is 0 Å². The highest BCUT2D eigenvalue weighted by Gasteiger charge is 1.81. The molecule has 0 aliphatic heterocycles. The van der Waals surface area contributed by atoms with E-state index in [9.17, 15) is 4.79 Å². The zero-order chi connectivity index (χ0) is 7.70. The fourth-order valence-corrected chi connectivity index (χ4v) is 0.0833. The molecule has 0 bridgehead atoms. The predicted octanol–water partition coefficient (Wildman–Crippen LogP) is 0.608. The molecule has 0 aromatic heterocycles. The molecule has 0 aromatic rings. The van der Waals surface area contributed by atoms with Crippen molar-refractivity contribution in [1.82, 2.24) is 0 Å². The molecule has 0 aliphatic rings. The maximum atomic E-state index is 9.84. The third kappa shape index (κ3) is 19.1. The highest BCUT2D eigenvalue weighted by Crippen LogP contribution is 1.67. The molecule has 0 heterocycles. The Bertz CT molecular complexity index is 78.4. The van der Waals surface area contributed by atoms with Crippen LogP contribution >= 0.6 is 0 Å². The van der Waals surface area contributed by atoms with Crippen LogP contribution in [0.2, 0.25) is 0 Å². The topological polar surface area (TPSA) is 35.5 Å². The molecule has 0 rings (SSSR count). The molecular formula is C6H12O3. The Labute approximate surface area is 55.3 Å². The molecule has 0 saturated carbocycles. The van der Waals surface area contributed by atoms with Crippen LogP contribution in [0.1, 0.15) is 0 Å². The second-order valence-corrected chi connectivity index (χ2v) is 1.14. The summed E-state index contributed by atoms with van der Waals surface area (Å²) in [5, 5.41) is 0. The fourth-order valence-electron chi connectivity index (χ4n) is 0.0833. The maximum Gasteiger partial charge on any atom is 0.329 e. The van der Waals surface area contributed by atoms with E-state index in [1.807, 2.05) is 0 Å². The van der Waals surface area contributed by atoms with E-state index in [1.54, 1.807) is 14.2 Å². The molecular weight excluding hydrogens is 120 g/mol. The molecule has 3 nitrogen and oxygen atoms in total. The van der Waals surface area contributed by atoms with Crippen molar-refractivity contribution in [3.05, 3.63) is 12.7 Å². The molecule has 3 heteroatoms. The van der Waals surface area contributed by atoms with Crippen LogP contribution in [-0.2, 0) is 14.3 Å². The van der Waals surface area contributed by atoms with Gasteiger partial charge in [-0.25, -0.2) is 4.79 Å². The first-order chi connectivity index (χ1) is 4.22. The van der Waals surface area contributed by atoms with Crippen LogP contribution in [-0.4, -0.2) is 27.3 Å². The third-order valence-electron chi connectivity index (χ3n) is 0.368. The predicted molar refractivity (Wildman–Crippen MR) is 35.1 cm³/mol. The smallest absolute Gasteiger partial charge is 0.329 e. The summed E-state index contributed by atoms with van der Waals surface area (Å²) < 4.78 is 8.39. The van der Waals surface area contributed by atoms with Crippen LogP contribution in [0.15, 0.2) is 12.7 Å². The van der Waals surface area contributed by atoms with Gasteiger partial charge in [0.05, 0.1) is 7.11 Å². The minimum atomic E-state index is -0.394. The van der Waals surface area contributed by atoms with E-state index in [1.165, 1.54) is 7.11 Å². The van der Waals surface area contributed by atoms with Gasteiger partial charge in [-0.3, -0.25) is 0 Å². The van der Waals surface area contributed by atoms with E-state index < -0.39 is 5.97 Å². The number of ether oxygens (including phenoxy) is 2. The average Bonchev–Trinajstić information content (AvgIpc) is 1.88. The summed E-state index contributed by atoms with van der Waals surface area (Å²) in [4.78, 5) is 9.84. The zero-order valence-electron chi connectivity index (χ0n) is 6.01. The standard InChI is InChI=1S/C4H6O2.C2H6O/c1-3-4(5)6-2;1-3-2/h3H,1H2,2H3;1-2H3. The lowest BCUT2D eigenvalue weighted by Crippen LogP contribution is -1.91. The van der Waals surface area contributed by atoms with Crippen molar-refractivity contribution in [3.8, 4) is 0 Å². The summed E-state index contributed by atoms with van der Waals surface area (Å²) in [5.74, 6) is -0.394. The Kier molecular flexibility index (Phi) is 12.5. The monoisotopic (exact) mass is 132 g/mol. The zero-order valence-corrected chi connectivity index (χ0v) is 6.01. The summed E-state index contributed by atoms with van der Waals surface area (Å²) in [6.45, 7) is 3.16. The van der Waals surface area contributed by atoms with E-state index >= 15 is 0 Å². The minimum absolute atomic E-state index is 0.394. The van der Waals surface area contributed by atoms with Gasteiger partial charge in [-0.15, -0.1) is 0 Å². The van der Waals surface area contributed by atoms with Crippen molar-refractivity contribution in [1.29, 1.82) is 0 Å². The lowest BCUT2D eigenvalue weighted by Gasteiger charge is -1.83. The quantitative estimate of drug-likeness (QED) is 0.387. The Morgan fingerprint density at radius 2 is 1.78 bits per heavy atom. The second-order valence-electron chi connectivity index (χ2n) is 1.14. The summed E-state index contributed by atoms with van der Waals surface area (Å²) in [7, 11) is 4.56. The van der Waals surface area contributed by atoms with Crippen LogP contribution in [0.4, 0.5) is 0 Å². The Morgan fingerprint density at radius 3 is 1.78 bits per heavy atom. The van der Waals surface area contributed by atoms with Gasteiger partial charge in [0.2, 0.25) is 0 Å². The van der Waals surface area contributed by atoms with Gasteiger partial charge in [-0.05, 0) is 0 Å². The Morgan fingerprint density at radius 1 is 1.44 bits per heavy atom. The van der Waals surface area contributed by atoms with Crippen LogP contribution in [0.3, 0.4) is 0 Å². The molecule has 0 aromatic carbocycles. The van der Waals surface area contributed by atoms with Gasteiger partial charge >= 0.3 is 5.97 Å².